The van der Waals surface area contributed by atoms with Crippen molar-refractivity contribution >= 4 is 17.9 Å². The van der Waals surface area contributed by atoms with E-state index in [-0.39, 0.29) is 0 Å². The van der Waals surface area contributed by atoms with Gasteiger partial charge >= 0.3 is 12.0 Å². The minimum Gasteiger partial charge on any atom is -0.480 e. The first kappa shape index (κ1) is 13.5. The van der Waals surface area contributed by atoms with Crippen molar-refractivity contribution in [2.75, 3.05) is 6.54 Å². The van der Waals surface area contributed by atoms with E-state index >= 15 is 0 Å². The van der Waals surface area contributed by atoms with Crippen molar-refractivity contribution in [3.8, 4) is 0 Å². The molecule has 1 atom stereocenters. The van der Waals surface area contributed by atoms with Crippen molar-refractivity contribution in [1.82, 2.24) is 10.2 Å². The van der Waals surface area contributed by atoms with Crippen LogP contribution < -0.4 is 5.32 Å². The maximum Gasteiger partial charge on any atom is 0.325 e. The van der Waals surface area contributed by atoms with E-state index in [1.807, 2.05) is 6.92 Å². The summed E-state index contributed by atoms with van der Waals surface area (Å²) in [5.74, 6) is -1.63. The number of carbonyl (C=O) groups excluding carboxylic acids is 2. The summed E-state index contributed by atoms with van der Waals surface area (Å²) < 4.78 is 0. The molecule has 1 unspecified atom stereocenters. The number of unbranched alkanes of at least 4 members (excludes halogenated alkanes) is 2. The molecule has 2 N–H and O–H groups in total. The van der Waals surface area contributed by atoms with Crippen LogP contribution in [0.15, 0.2) is 0 Å². The van der Waals surface area contributed by atoms with E-state index in [2.05, 4.69) is 5.32 Å². The van der Waals surface area contributed by atoms with E-state index in [0.29, 0.717) is 6.42 Å². The first-order chi connectivity index (χ1) is 7.90. The van der Waals surface area contributed by atoms with Gasteiger partial charge in [-0.15, -0.1) is 0 Å². The minimum atomic E-state index is -1.19. The van der Waals surface area contributed by atoms with Crippen LogP contribution in [0, 0.1) is 0 Å². The summed E-state index contributed by atoms with van der Waals surface area (Å²) in [6, 6.07) is -0.614. The molecule has 1 rings (SSSR count). The fourth-order valence-electron chi connectivity index (χ4n) is 1.92. The largest absolute Gasteiger partial charge is 0.480 e. The van der Waals surface area contributed by atoms with Crippen LogP contribution in [0.25, 0.3) is 0 Å². The van der Waals surface area contributed by atoms with Crippen molar-refractivity contribution in [3.05, 3.63) is 0 Å². The highest BCUT2D eigenvalue weighted by molar-refractivity contribution is 6.08. The van der Waals surface area contributed by atoms with Gasteiger partial charge in [0.15, 0.2) is 0 Å². The molecule has 6 nitrogen and oxygen atoms in total. The molecular weight excluding hydrogens is 224 g/mol. The second-order valence-electron chi connectivity index (χ2n) is 4.50. The second-order valence-corrected chi connectivity index (χ2v) is 4.50. The van der Waals surface area contributed by atoms with Crippen LogP contribution >= 0.6 is 0 Å². The first-order valence-corrected chi connectivity index (χ1v) is 5.76. The predicted molar refractivity (Wildman–Crippen MR) is 60.4 cm³/mol. The number of carbonyl (C=O) groups is 3. The van der Waals surface area contributed by atoms with Gasteiger partial charge in [0.05, 0.1) is 0 Å². The van der Waals surface area contributed by atoms with Crippen LogP contribution in [0.1, 0.15) is 39.5 Å². The summed E-state index contributed by atoms with van der Waals surface area (Å²) >= 11 is 0. The van der Waals surface area contributed by atoms with Crippen LogP contribution in [0.4, 0.5) is 4.79 Å². The molecule has 0 saturated carbocycles. The number of nitrogens with zero attached hydrogens (tertiary/aromatic N) is 1. The average molecular weight is 242 g/mol. The Hall–Kier alpha value is -1.59. The molecule has 1 aliphatic heterocycles. The van der Waals surface area contributed by atoms with Gasteiger partial charge < -0.3 is 10.4 Å². The summed E-state index contributed by atoms with van der Waals surface area (Å²) in [4.78, 5) is 34.7. The fourth-order valence-corrected chi connectivity index (χ4v) is 1.92. The summed E-state index contributed by atoms with van der Waals surface area (Å²) in [6.45, 7) is 3.12. The zero-order chi connectivity index (χ0) is 13.1. The maximum absolute atomic E-state index is 11.9. The van der Waals surface area contributed by atoms with E-state index in [0.717, 1.165) is 24.2 Å². The van der Waals surface area contributed by atoms with Gasteiger partial charge in [-0.2, -0.15) is 0 Å². The quantitative estimate of drug-likeness (QED) is 0.536. The topological polar surface area (TPSA) is 86.7 Å². The van der Waals surface area contributed by atoms with Gasteiger partial charge in [0.25, 0.3) is 5.91 Å². The molecule has 1 aliphatic rings. The summed E-state index contributed by atoms with van der Waals surface area (Å²) in [5, 5.41) is 11.2. The highest BCUT2D eigenvalue weighted by atomic mass is 16.4. The van der Waals surface area contributed by atoms with E-state index < -0.39 is 30.0 Å². The maximum atomic E-state index is 11.9. The molecule has 0 radical (unpaired) electrons. The Bertz CT molecular complexity index is 342. The van der Waals surface area contributed by atoms with Gasteiger partial charge in [-0.1, -0.05) is 26.2 Å². The number of imide groups is 1. The SMILES string of the molecule is CCCCCC1(C)NC(=O)N(CC(=O)O)C1=O. The lowest BCUT2D eigenvalue weighted by molar-refractivity contribution is -0.142. The zero-order valence-electron chi connectivity index (χ0n) is 10.2. The van der Waals surface area contributed by atoms with Gasteiger partial charge in [0.1, 0.15) is 12.1 Å². The third-order valence-corrected chi connectivity index (χ3v) is 2.92. The van der Waals surface area contributed by atoms with Crippen LogP contribution in [0.2, 0.25) is 0 Å². The molecule has 0 aromatic carbocycles. The number of nitrogens with one attached hydrogen (secondary N) is 1. The van der Waals surface area contributed by atoms with Gasteiger partial charge in [-0.05, 0) is 13.3 Å². The molecule has 0 bridgehead atoms. The predicted octanol–water partition coefficient (Wildman–Crippen LogP) is 0.962. The molecule has 0 aromatic rings. The highest BCUT2D eigenvalue weighted by Crippen LogP contribution is 2.23. The molecule has 3 amide bonds. The lowest BCUT2D eigenvalue weighted by atomic mass is 9.94. The number of urea groups is 1. The van der Waals surface area contributed by atoms with Gasteiger partial charge in [-0.3, -0.25) is 14.5 Å². The molecule has 1 fully saturated rings. The Labute approximate surface area is 100.0 Å². The fraction of sp³-hybridized carbons (Fsp3) is 0.727. The Morgan fingerprint density at radius 2 is 2.06 bits per heavy atom. The lowest BCUT2D eigenvalue weighted by Gasteiger charge is -2.21. The van der Waals surface area contributed by atoms with E-state index in [1.54, 1.807) is 6.92 Å². The smallest absolute Gasteiger partial charge is 0.325 e. The molecule has 0 spiro atoms. The number of aliphatic carboxylic acids is 1. The van der Waals surface area contributed by atoms with Crippen molar-refractivity contribution in [1.29, 1.82) is 0 Å². The van der Waals surface area contributed by atoms with Crippen LogP contribution in [0.5, 0.6) is 0 Å². The van der Waals surface area contributed by atoms with Crippen molar-refractivity contribution in [3.63, 3.8) is 0 Å². The molecule has 1 heterocycles. The minimum absolute atomic E-state index is 0.444. The number of hydrogen-bond donors (Lipinski definition) is 2. The lowest BCUT2D eigenvalue weighted by Crippen LogP contribution is -2.44. The normalized spacial score (nSPS) is 24.0. The van der Waals surface area contributed by atoms with E-state index in [9.17, 15) is 14.4 Å². The molecule has 17 heavy (non-hydrogen) atoms. The zero-order valence-corrected chi connectivity index (χ0v) is 10.2. The van der Waals surface area contributed by atoms with Gasteiger partial charge in [-0.25, -0.2) is 4.79 Å². The van der Waals surface area contributed by atoms with Gasteiger partial charge in [0, 0.05) is 0 Å². The van der Waals surface area contributed by atoms with Crippen molar-refractivity contribution in [2.45, 2.75) is 45.1 Å². The van der Waals surface area contributed by atoms with E-state index in [1.165, 1.54) is 0 Å². The molecule has 1 saturated heterocycles. The van der Waals surface area contributed by atoms with Crippen molar-refractivity contribution in [2.24, 2.45) is 0 Å². The number of carboxylic acid groups (broad SMARTS) is 1. The number of rotatable bonds is 6. The number of carboxylic acids is 1. The molecule has 96 valence electrons. The highest BCUT2D eigenvalue weighted by Gasteiger charge is 2.47. The second kappa shape index (κ2) is 5.16. The molecule has 0 aliphatic carbocycles. The van der Waals surface area contributed by atoms with Gasteiger partial charge in [0.2, 0.25) is 0 Å². The Kier molecular flexibility index (Phi) is 4.09. The van der Waals surface area contributed by atoms with Crippen molar-refractivity contribution < 1.29 is 19.5 Å². The summed E-state index contributed by atoms with van der Waals surface area (Å²) in [6.07, 6.45) is 3.39. The van der Waals surface area contributed by atoms with Crippen LogP contribution in [-0.2, 0) is 9.59 Å². The third-order valence-electron chi connectivity index (χ3n) is 2.92. The first-order valence-electron chi connectivity index (χ1n) is 5.76. The third kappa shape index (κ3) is 2.95. The molecule has 0 aromatic heterocycles. The Morgan fingerprint density at radius 1 is 1.41 bits per heavy atom. The molecule has 6 heteroatoms. The Balaban J connectivity index is 2.68. The van der Waals surface area contributed by atoms with Crippen LogP contribution in [-0.4, -0.2) is 40.0 Å². The van der Waals surface area contributed by atoms with Crippen LogP contribution in [0.3, 0.4) is 0 Å². The Morgan fingerprint density at radius 3 is 2.59 bits per heavy atom. The number of hydrogen-bond acceptors (Lipinski definition) is 3. The monoisotopic (exact) mass is 242 g/mol. The summed E-state index contributed by atoms with van der Waals surface area (Å²) in [7, 11) is 0. The molecular formula is C11H18N2O4. The average Bonchev–Trinajstić information content (AvgIpc) is 2.43. The standard InChI is InChI=1S/C11H18N2O4/c1-3-4-5-6-11(2)9(16)13(7-8(14)15)10(17)12-11/h3-7H2,1-2H3,(H,12,17)(H,14,15). The van der Waals surface area contributed by atoms with E-state index in [4.69, 9.17) is 5.11 Å². The number of amides is 3. The summed E-state index contributed by atoms with van der Waals surface area (Å²) in [5.41, 5.74) is -0.943.